The number of hydrogen-bond donors (Lipinski definition) is 3. The summed E-state index contributed by atoms with van der Waals surface area (Å²) in [6.07, 6.45) is 0. The van der Waals surface area contributed by atoms with Gasteiger partial charge in [0.05, 0.1) is 18.2 Å². The summed E-state index contributed by atoms with van der Waals surface area (Å²) in [5.41, 5.74) is 6.78. The summed E-state index contributed by atoms with van der Waals surface area (Å²) in [5, 5.41) is 14.4. The van der Waals surface area contributed by atoms with Gasteiger partial charge in [-0.3, -0.25) is 4.79 Å². The van der Waals surface area contributed by atoms with Crippen LogP contribution >= 0.6 is 11.3 Å². The second-order valence-electron chi connectivity index (χ2n) is 4.19. The first-order valence-corrected chi connectivity index (χ1v) is 6.85. The zero-order valence-corrected chi connectivity index (χ0v) is 11.2. The van der Waals surface area contributed by atoms with E-state index in [1.54, 1.807) is 11.4 Å². The van der Waals surface area contributed by atoms with Gasteiger partial charge in [0.15, 0.2) is 0 Å². The molecular formula is C14H16N2O2S. The van der Waals surface area contributed by atoms with Crippen LogP contribution in [0.1, 0.15) is 26.8 Å². The first kappa shape index (κ1) is 13.7. The Morgan fingerprint density at radius 2 is 2.11 bits per heavy atom. The van der Waals surface area contributed by atoms with Crippen molar-refractivity contribution in [2.24, 2.45) is 5.73 Å². The molecule has 0 unspecified atom stereocenters. The summed E-state index contributed by atoms with van der Waals surface area (Å²) in [6.45, 7) is 0.621. The molecule has 1 aromatic carbocycles. The van der Waals surface area contributed by atoms with Gasteiger partial charge in [-0.15, -0.1) is 11.3 Å². The molecule has 0 aliphatic rings. The SMILES string of the molecule is NC(=O)c1csc(CN[C@@H](CO)c2ccccc2)c1. The van der Waals surface area contributed by atoms with E-state index in [9.17, 15) is 9.90 Å². The highest BCUT2D eigenvalue weighted by molar-refractivity contribution is 7.10. The molecule has 0 spiro atoms. The number of primary amides is 1. The van der Waals surface area contributed by atoms with Gasteiger partial charge in [-0.1, -0.05) is 30.3 Å². The van der Waals surface area contributed by atoms with Crippen molar-refractivity contribution >= 4 is 17.2 Å². The lowest BCUT2D eigenvalue weighted by Gasteiger charge is -2.15. The third-order valence-electron chi connectivity index (χ3n) is 2.85. The number of amides is 1. The standard InChI is InChI=1S/C14H16N2O2S/c15-14(18)11-6-12(19-9-11)7-16-13(8-17)10-4-2-1-3-5-10/h1-6,9,13,16-17H,7-8H2,(H2,15,18)/t13-/m0/s1. The second-order valence-corrected chi connectivity index (χ2v) is 5.19. The Balaban J connectivity index is 1.98. The van der Waals surface area contributed by atoms with Gasteiger partial charge in [0.1, 0.15) is 0 Å². The summed E-state index contributed by atoms with van der Waals surface area (Å²) >= 11 is 1.48. The lowest BCUT2D eigenvalue weighted by molar-refractivity contribution is 0.100. The van der Waals surface area contributed by atoms with E-state index in [0.29, 0.717) is 12.1 Å². The fourth-order valence-corrected chi connectivity index (χ4v) is 2.62. The number of rotatable bonds is 6. The van der Waals surface area contributed by atoms with E-state index in [4.69, 9.17) is 5.73 Å². The molecule has 1 amide bonds. The van der Waals surface area contributed by atoms with Crippen molar-refractivity contribution < 1.29 is 9.90 Å². The van der Waals surface area contributed by atoms with Gasteiger partial charge in [-0.2, -0.15) is 0 Å². The Hall–Kier alpha value is -1.69. The number of carbonyl (C=O) groups excluding carboxylic acids is 1. The molecule has 1 heterocycles. The van der Waals surface area contributed by atoms with Crippen LogP contribution in [0.5, 0.6) is 0 Å². The molecule has 5 heteroatoms. The molecule has 0 bridgehead atoms. The van der Waals surface area contributed by atoms with Gasteiger partial charge in [-0.25, -0.2) is 0 Å². The Labute approximate surface area is 115 Å². The largest absolute Gasteiger partial charge is 0.394 e. The average molecular weight is 276 g/mol. The Kier molecular flexibility index (Phi) is 4.68. The number of hydrogen-bond acceptors (Lipinski definition) is 4. The molecular weight excluding hydrogens is 260 g/mol. The number of benzene rings is 1. The van der Waals surface area contributed by atoms with Crippen LogP contribution in [-0.2, 0) is 6.54 Å². The molecule has 1 aromatic heterocycles. The van der Waals surface area contributed by atoms with Crippen molar-refractivity contribution in [1.29, 1.82) is 0 Å². The quantitative estimate of drug-likeness (QED) is 0.751. The predicted octanol–water partition coefficient (Wildman–Crippen LogP) is 1.67. The Bertz CT molecular complexity index is 539. The van der Waals surface area contributed by atoms with Crippen LogP contribution in [0.4, 0.5) is 0 Å². The molecule has 2 rings (SSSR count). The highest BCUT2D eigenvalue weighted by Gasteiger charge is 2.10. The van der Waals surface area contributed by atoms with Crippen molar-refractivity contribution in [3.05, 3.63) is 57.8 Å². The summed E-state index contributed by atoms with van der Waals surface area (Å²) in [6, 6.07) is 11.4. The zero-order chi connectivity index (χ0) is 13.7. The van der Waals surface area contributed by atoms with Crippen LogP contribution in [0.3, 0.4) is 0 Å². The summed E-state index contributed by atoms with van der Waals surface area (Å²) in [4.78, 5) is 12.0. The molecule has 0 fully saturated rings. The lowest BCUT2D eigenvalue weighted by Crippen LogP contribution is -2.23. The average Bonchev–Trinajstić information content (AvgIpc) is 2.90. The minimum absolute atomic E-state index is 0.0259. The molecule has 2 aromatic rings. The molecule has 0 saturated carbocycles. The van der Waals surface area contributed by atoms with Crippen LogP contribution in [-0.4, -0.2) is 17.6 Å². The molecule has 100 valence electrons. The third-order valence-corrected chi connectivity index (χ3v) is 3.78. The molecule has 0 radical (unpaired) electrons. The second kappa shape index (κ2) is 6.47. The zero-order valence-electron chi connectivity index (χ0n) is 10.4. The lowest BCUT2D eigenvalue weighted by atomic mass is 10.1. The minimum Gasteiger partial charge on any atom is -0.394 e. The predicted molar refractivity (Wildman–Crippen MR) is 75.9 cm³/mol. The topological polar surface area (TPSA) is 75.4 Å². The molecule has 0 saturated heterocycles. The number of carbonyl (C=O) groups is 1. The van der Waals surface area contributed by atoms with Gasteiger partial charge >= 0.3 is 0 Å². The van der Waals surface area contributed by atoms with E-state index < -0.39 is 5.91 Å². The fourth-order valence-electron chi connectivity index (χ4n) is 1.80. The van der Waals surface area contributed by atoms with Gasteiger partial charge in [0.25, 0.3) is 0 Å². The van der Waals surface area contributed by atoms with E-state index in [0.717, 1.165) is 10.4 Å². The van der Waals surface area contributed by atoms with Crippen LogP contribution in [0.15, 0.2) is 41.8 Å². The number of thiophene rings is 1. The molecule has 0 aliphatic heterocycles. The van der Waals surface area contributed by atoms with Gasteiger partial charge in [0.2, 0.25) is 5.91 Å². The van der Waals surface area contributed by atoms with Crippen LogP contribution in [0, 0.1) is 0 Å². The van der Waals surface area contributed by atoms with E-state index >= 15 is 0 Å². The van der Waals surface area contributed by atoms with Gasteiger partial charge < -0.3 is 16.2 Å². The highest BCUT2D eigenvalue weighted by Crippen LogP contribution is 2.17. The van der Waals surface area contributed by atoms with Crippen molar-refractivity contribution in [2.75, 3.05) is 6.61 Å². The van der Waals surface area contributed by atoms with E-state index in [2.05, 4.69) is 5.32 Å². The summed E-state index contributed by atoms with van der Waals surface area (Å²) < 4.78 is 0. The number of aliphatic hydroxyl groups is 1. The number of nitrogens with two attached hydrogens (primary N) is 1. The fraction of sp³-hybridized carbons (Fsp3) is 0.214. The van der Waals surface area contributed by atoms with Gasteiger partial charge in [-0.05, 0) is 11.6 Å². The first-order valence-electron chi connectivity index (χ1n) is 5.97. The van der Waals surface area contributed by atoms with Crippen molar-refractivity contribution in [2.45, 2.75) is 12.6 Å². The van der Waals surface area contributed by atoms with Crippen molar-refractivity contribution in [1.82, 2.24) is 5.32 Å². The van der Waals surface area contributed by atoms with Crippen LogP contribution < -0.4 is 11.1 Å². The summed E-state index contributed by atoms with van der Waals surface area (Å²) in [5.74, 6) is -0.413. The van der Waals surface area contributed by atoms with E-state index in [1.807, 2.05) is 30.3 Å². The van der Waals surface area contributed by atoms with Crippen molar-refractivity contribution in [3.8, 4) is 0 Å². The van der Waals surface area contributed by atoms with Gasteiger partial charge in [0, 0.05) is 16.8 Å². The third kappa shape index (κ3) is 3.64. The molecule has 1 atom stereocenters. The maximum atomic E-state index is 11.0. The molecule has 4 nitrogen and oxygen atoms in total. The smallest absolute Gasteiger partial charge is 0.249 e. The molecule has 4 N–H and O–H groups in total. The molecule has 0 aliphatic carbocycles. The normalized spacial score (nSPS) is 12.3. The van der Waals surface area contributed by atoms with Crippen LogP contribution in [0.25, 0.3) is 0 Å². The van der Waals surface area contributed by atoms with E-state index in [-0.39, 0.29) is 12.6 Å². The number of aliphatic hydroxyl groups excluding tert-OH is 1. The highest BCUT2D eigenvalue weighted by atomic mass is 32.1. The maximum absolute atomic E-state index is 11.0. The minimum atomic E-state index is -0.413. The summed E-state index contributed by atoms with van der Waals surface area (Å²) in [7, 11) is 0. The number of nitrogens with one attached hydrogen (secondary N) is 1. The van der Waals surface area contributed by atoms with Crippen LogP contribution in [0.2, 0.25) is 0 Å². The Morgan fingerprint density at radius 3 is 2.68 bits per heavy atom. The monoisotopic (exact) mass is 276 g/mol. The molecule has 19 heavy (non-hydrogen) atoms. The van der Waals surface area contributed by atoms with E-state index in [1.165, 1.54) is 11.3 Å². The first-order chi connectivity index (χ1) is 9.20. The maximum Gasteiger partial charge on any atom is 0.249 e. The van der Waals surface area contributed by atoms with Crippen molar-refractivity contribution in [3.63, 3.8) is 0 Å². The Morgan fingerprint density at radius 1 is 1.37 bits per heavy atom.